The van der Waals surface area contributed by atoms with Gasteiger partial charge in [-0.15, -0.1) is 0 Å². The lowest BCUT2D eigenvalue weighted by molar-refractivity contribution is 0.248. The number of hydrogen-bond donors (Lipinski definition) is 2. The van der Waals surface area contributed by atoms with Gasteiger partial charge < -0.3 is 0 Å². The number of fused-ring (bicyclic) bond motifs is 2. The molecule has 1 heterocycles. The van der Waals surface area contributed by atoms with Crippen molar-refractivity contribution in [3.8, 4) is 0 Å². The van der Waals surface area contributed by atoms with Crippen LogP contribution in [0.4, 0.5) is 4.39 Å². The van der Waals surface area contributed by atoms with Crippen LogP contribution in [0.1, 0.15) is 37.3 Å². The predicted octanol–water partition coefficient (Wildman–Crippen LogP) is 2.16. The summed E-state index contributed by atoms with van der Waals surface area (Å²) in [7, 11) is 0. The van der Waals surface area contributed by atoms with Crippen molar-refractivity contribution in [3.63, 3.8) is 0 Å². The Bertz CT molecular complexity index is 409. The Balaban J connectivity index is 1.87. The fraction of sp³-hybridized carbons (Fsp3) is 0.615. The van der Waals surface area contributed by atoms with Crippen molar-refractivity contribution in [2.75, 3.05) is 0 Å². The zero-order chi connectivity index (χ0) is 11.8. The van der Waals surface area contributed by atoms with E-state index in [1.807, 2.05) is 0 Å². The largest absolute Gasteiger partial charge is 0.271 e. The minimum absolute atomic E-state index is 0.0618. The van der Waals surface area contributed by atoms with Crippen LogP contribution in [0.15, 0.2) is 18.5 Å². The normalized spacial score (nSPS) is 32.9. The monoisotopic (exact) mass is 235 g/mol. The van der Waals surface area contributed by atoms with E-state index in [1.165, 1.54) is 31.9 Å². The van der Waals surface area contributed by atoms with Crippen LogP contribution in [0, 0.1) is 23.6 Å². The third kappa shape index (κ3) is 1.85. The molecule has 1 aromatic heterocycles. The molecule has 0 spiro atoms. The molecule has 2 bridgehead atoms. The second kappa shape index (κ2) is 4.35. The number of nitrogens with one attached hydrogen (secondary N) is 1. The summed E-state index contributed by atoms with van der Waals surface area (Å²) in [6.07, 6.45) is 8.01. The molecule has 92 valence electrons. The minimum atomic E-state index is -0.252. The Morgan fingerprint density at radius 2 is 2.29 bits per heavy atom. The highest BCUT2D eigenvalue weighted by Gasteiger charge is 2.43. The van der Waals surface area contributed by atoms with Crippen molar-refractivity contribution in [1.29, 1.82) is 0 Å². The minimum Gasteiger partial charge on any atom is -0.271 e. The SMILES string of the molecule is NNC(c1ccncc1F)C1CC2CCC1C2. The predicted molar refractivity (Wildman–Crippen MR) is 63.2 cm³/mol. The van der Waals surface area contributed by atoms with Gasteiger partial charge in [-0.1, -0.05) is 6.42 Å². The van der Waals surface area contributed by atoms with Crippen molar-refractivity contribution in [2.45, 2.75) is 31.7 Å². The first-order valence-electron chi connectivity index (χ1n) is 6.35. The van der Waals surface area contributed by atoms with Crippen molar-refractivity contribution < 1.29 is 4.39 Å². The Labute approximate surface area is 101 Å². The summed E-state index contributed by atoms with van der Waals surface area (Å²) >= 11 is 0. The second-order valence-corrected chi connectivity index (χ2v) is 5.38. The lowest BCUT2D eigenvalue weighted by Crippen LogP contribution is -2.36. The topological polar surface area (TPSA) is 50.9 Å². The first-order chi connectivity index (χ1) is 8.29. The molecule has 4 unspecified atom stereocenters. The molecule has 1 aromatic rings. The van der Waals surface area contributed by atoms with Crippen LogP contribution in [0.3, 0.4) is 0 Å². The van der Waals surface area contributed by atoms with Crippen LogP contribution >= 0.6 is 0 Å². The van der Waals surface area contributed by atoms with E-state index in [1.54, 1.807) is 12.3 Å². The number of hydrogen-bond acceptors (Lipinski definition) is 3. The maximum atomic E-state index is 13.8. The molecule has 4 atom stereocenters. The van der Waals surface area contributed by atoms with Gasteiger partial charge in [-0.2, -0.15) is 0 Å². The number of halogens is 1. The molecule has 0 saturated heterocycles. The Morgan fingerprint density at radius 3 is 2.88 bits per heavy atom. The summed E-state index contributed by atoms with van der Waals surface area (Å²) in [6.45, 7) is 0. The average Bonchev–Trinajstić information content (AvgIpc) is 2.95. The number of nitrogens with zero attached hydrogens (tertiary/aromatic N) is 1. The molecular formula is C13H18FN3. The highest BCUT2D eigenvalue weighted by Crippen LogP contribution is 2.52. The smallest absolute Gasteiger partial charge is 0.146 e. The molecule has 2 aliphatic carbocycles. The molecule has 0 aliphatic heterocycles. The van der Waals surface area contributed by atoms with Crippen molar-refractivity contribution >= 4 is 0 Å². The van der Waals surface area contributed by atoms with Crippen LogP contribution < -0.4 is 11.3 Å². The van der Waals surface area contributed by atoms with Gasteiger partial charge in [-0.05, 0) is 43.1 Å². The highest BCUT2D eigenvalue weighted by molar-refractivity contribution is 5.19. The first-order valence-corrected chi connectivity index (χ1v) is 6.35. The Kier molecular flexibility index (Phi) is 2.84. The number of aromatic nitrogens is 1. The van der Waals surface area contributed by atoms with Crippen LogP contribution in [0.5, 0.6) is 0 Å². The second-order valence-electron chi connectivity index (χ2n) is 5.38. The fourth-order valence-electron chi connectivity index (χ4n) is 3.78. The first kappa shape index (κ1) is 11.1. The third-order valence-electron chi connectivity index (χ3n) is 4.54. The molecule has 3 rings (SSSR count). The van der Waals surface area contributed by atoms with E-state index >= 15 is 0 Å². The summed E-state index contributed by atoms with van der Waals surface area (Å²) < 4.78 is 13.8. The van der Waals surface area contributed by atoms with Gasteiger partial charge in [-0.3, -0.25) is 16.3 Å². The fourth-order valence-corrected chi connectivity index (χ4v) is 3.78. The van der Waals surface area contributed by atoms with E-state index in [0.29, 0.717) is 17.4 Å². The zero-order valence-corrected chi connectivity index (χ0v) is 9.77. The van der Waals surface area contributed by atoms with Gasteiger partial charge in [0.15, 0.2) is 0 Å². The van der Waals surface area contributed by atoms with Crippen molar-refractivity contribution in [1.82, 2.24) is 10.4 Å². The lowest BCUT2D eigenvalue weighted by atomic mass is 9.81. The average molecular weight is 235 g/mol. The van der Waals surface area contributed by atoms with Gasteiger partial charge in [0, 0.05) is 11.8 Å². The van der Waals surface area contributed by atoms with Gasteiger partial charge in [0.1, 0.15) is 5.82 Å². The maximum Gasteiger partial charge on any atom is 0.146 e. The zero-order valence-electron chi connectivity index (χ0n) is 9.77. The van der Waals surface area contributed by atoms with Crippen LogP contribution in [0.2, 0.25) is 0 Å². The van der Waals surface area contributed by atoms with E-state index in [2.05, 4.69) is 10.4 Å². The molecule has 0 amide bonds. The summed E-state index contributed by atoms with van der Waals surface area (Å²) in [5.41, 5.74) is 3.48. The molecule has 4 heteroatoms. The van der Waals surface area contributed by atoms with Gasteiger partial charge in [0.25, 0.3) is 0 Å². The molecule has 2 aliphatic rings. The van der Waals surface area contributed by atoms with E-state index in [0.717, 1.165) is 5.92 Å². The third-order valence-corrected chi connectivity index (χ3v) is 4.54. The van der Waals surface area contributed by atoms with Gasteiger partial charge in [-0.25, -0.2) is 4.39 Å². The molecule has 3 N–H and O–H groups in total. The quantitative estimate of drug-likeness (QED) is 0.623. The van der Waals surface area contributed by atoms with Crippen LogP contribution in [-0.4, -0.2) is 4.98 Å². The van der Waals surface area contributed by atoms with Gasteiger partial charge >= 0.3 is 0 Å². The van der Waals surface area contributed by atoms with E-state index in [-0.39, 0.29) is 11.9 Å². The van der Waals surface area contributed by atoms with Gasteiger partial charge in [0.05, 0.1) is 12.2 Å². The summed E-state index contributed by atoms with van der Waals surface area (Å²) in [6, 6.07) is 1.68. The van der Waals surface area contributed by atoms with Crippen molar-refractivity contribution in [2.24, 2.45) is 23.6 Å². The number of rotatable bonds is 3. The summed E-state index contributed by atoms with van der Waals surface area (Å²) in [4.78, 5) is 3.79. The van der Waals surface area contributed by atoms with Crippen LogP contribution in [0.25, 0.3) is 0 Å². The van der Waals surface area contributed by atoms with Crippen molar-refractivity contribution in [3.05, 3.63) is 29.8 Å². The maximum absolute atomic E-state index is 13.8. The molecule has 0 aromatic carbocycles. The molecule has 2 saturated carbocycles. The summed E-state index contributed by atoms with van der Waals surface area (Å²) in [5.74, 6) is 7.43. The Morgan fingerprint density at radius 1 is 1.41 bits per heavy atom. The van der Waals surface area contributed by atoms with E-state index < -0.39 is 0 Å². The number of nitrogens with two attached hydrogens (primary N) is 1. The lowest BCUT2D eigenvalue weighted by Gasteiger charge is -2.30. The summed E-state index contributed by atoms with van der Waals surface area (Å²) in [5, 5.41) is 0. The van der Waals surface area contributed by atoms with Crippen LogP contribution in [-0.2, 0) is 0 Å². The molecular weight excluding hydrogens is 217 g/mol. The number of pyridine rings is 1. The van der Waals surface area contributed by atoms with Gasteiger partial charge in [0.2, 0.25) is 0 Å². The molecule has 17 heavy (non-hydrogen) atoms. The van der Waals surface area contributed by atoms with E-state index in [4.69, 9.17) is 5.84 Å². The standard InChI is InChI=1S/C13H18FN3/c14-12-7-16-4-3-10(12)13(17-15)11-6-8-1-2-9(11)5-8/h3-4,7-9,11,13,17H,1-2,5-6,15H2. The number of hydrazine groups is 1. The molecule has 3 nitrogen and oxygen atoms in total. The Hall–Kier alpha value is -1.00. The molecule has 0 radical (unpaired) electrons. The van der Waals surface area contributed by atoms with E-state index in [9.17, 15) is 4.39 Å². The highest BCUT2D eigenvalue weighted by atomic mass is 19.1. The molecule has 2 fully saturated rings.